The van der Waals surface area contributed by atoms with Crippen molar-refractivity contribution in [1.82, 2.24) is 30.1 Å². The van der Waals surface area contributed by atoms with Crippen molar-refractivity contribution in [1.29, 1.82) is 0 Å². The number of aryl methyl sites for hydroxylation is 1. The van der Waals surface area contributed by atoms with E-state index in [0.717, 1.165) is 17.1 Å². The Morgan fingerprint density at radius 3 is 2.89 bits per heavy atom. The van der Waals surface area contributed by atoms with Crippen LogP contribution in [0.3, 0.4) is 0 Å². The molecular weight excluding hydrogens is 481 g/mol. The van der Waals surface area contributed by atoms with Crippen LogP contribution < -0.4 is 5.32 Å². The maximum Gasteiger partial charge on any atom is 0.246 e. The topological polar surface area (TPSA) is 84.4 Å². The third kappa shape index (κ3) is 5.67. The molecule has 144 valence electrons. The first-order valence-corrected chi connectivity index (χ1v) is 8.41. The summed E-state index contributed by atoms with van der Waals surface area (Å²) in [6.45, 7) is 1.06. The quantitative estimate of drug-likeness (QED) is 0.329. The van der Waals surface area contributed by atoms with E-state index in [1.165, 1.54) is 0 Å². The van der Waals surface area contributed by atoms with Gasteiger partial charge in [0.15, 0.2) is 5.96 Å². The van der Waals surface area contributed by atoms with Crippen LogP contribution in [-0.4, -0.2) is 44.9 Å². The summed E-state index contributed by atoms with van der Waals surface area (Å²) in [7, 11) is 5.57. The normalized spacial score (nSPS) is 11.2. The van der Waals surface area contributed by atoms with Crippen LogP contribution in [0, 0.1) is 0 Å². The van der Waals surface area contributed by atoms with Crippen molar-refractivity contribution in [3.8, 4) is 11.4 Å². The van der Waals surface area contributed by atoms with E-state index in [2.05, 4.69) is 25.5 Å². The first kappa shape index (κ1) is 21.2. The lowest BCUT2D eigenvalue weighted by molar-refractivity contribution is 0.371. The molecule has 3 rings (SSSR count). The smallest absolute Gasteiger partial charge is 0.246 e. The molecule has 8 nitrogen and oxygen atoms in total. The summed E-state index contributed by atoms with van der Waals surface area (Å²) in [5.41, 5.74) is 1.91. The maximum atomic E-state index is 6.00. The summed E-state index contributed by atoms with van der Waals surface area (Å²) in [6, 6.07) is 7.33. The Morgan fingerprint density at radius 2 is 2.22 bits per heavy atom. The van der Waals surface area contributed by atoms with Crippen molar-refractivity contribution in [2.45, 2.75) is 13.1 Å². The van der Waals surface area contributed by atoms with Crippen LogP contribution in [0.4, 0.5) is 0 Å². The molecule has 0 atom stereocenters. The monoisotopic (exact) mass is 501 g/mol. The van der Waals surface area contributed by atoms with E-state index >= 15 is 0 Å². The van der Waals surface area contributed by atoms with E-state index in [1.807, 2.05) is 43.5 Å². The van der Waals surface area contributed by atoms with Gasteiger partial charge in [-0.3, -0.25) is 9.67 Å². The minimum Gasteiger partial charge on any atom is -0.347 e. The van der Waals surface area contributed by atoms with Crippen molar-refractivity contribution < 1.29 is 4.52 Å². The zero-order chi connectivity index (χ0) is 18.5. The second kappa shape index (κ2) is 9.70. The Bertz CT molecular complexity index is 908. The van der Waals surface area contributed by atoms with E-state index in [1.54, 1.807) is 23.9 Å². The predicted molar refractivity (Wildman–Crippen MR) is 115 cm³/mol. The minimum atomic E-state index is 0. The molecule has 0 aliphatic carbocycles. The van der Waals surface area contributed by atoms with Gasteiger partial charge >= 0.3 is 0 Å². The van der Waals surface area contributed by atoms with Gasteiger partial charge < -0.3 is 14.7 Å². The van der Waals surface area contributed by atoms with Gasteiger partial charge in [-0.2, -0.15) is 10.1 Å². The first-order valence-electron chi connectivity index (χ1n) is 8.03. The van der Waals surface area contributed by atoms with Gasteiger partial charge in [0.05, 0.1) is 12.7 Å². The van der Waals surface area contributed by atoms with Crippen LogP contribution in [-0.2, 0) is 20.1 Å². The highest BCUT2D eigenvalue weighted by Gasteiger charge is 2.12. The fraction of sp³-hybridized carbons (Fsp3) is 0.294. The third-order valence-corrected chi connectivity index (χ3v) is 3.94. The lowest BCUT2D eigenvalue weighted by Gasteiger charge is -2.20. The van der Waals surface area contributed by atoms with E-state index in [9.17, 15) is 0 Å². The van der Waals surface area contributed by atoms with Gasteiger partial charge in [-0.1, -0.05) is 28.9 Å². The van der Waals surface area contributed by atoms with Crippen molar-refractivity contribution in [2.24, 2.45) is 12.0 Å². The standard InChI is InChI=1S/C17H20ClN7O.HI/c1-19-17(24(2)10-12-8-21-25(3)11-12)20-9-15-22-16(23-26-15)13-5-4-6-14(18)7-13;/h4-8,11H,9-10H2,1-3H3,(H,19,20);1H. The molecule has 0 unspecified atom stereocenters. The Morgan fingerprint density at radius 1 is 1.41 bits per heavy atom. The Kier molecular flexibility index (Phi) is 7.60. The molecule has 0 saturated carbocycles. The van der Waals surface area contributed by atoms with Crippen molar-refractivity contribution in [3.05, 3.63) is 53.1 Å². The molecule has 0 radical (unpaired) electrons. The molecule has 0 saturated heterocycles. The second-order valence-electron chi connectivity index (χ2n) is 5.80. The van der Waals surface area contributed by atoms with E-state index in [0.29, 0.717) is 29.8 Å². The summed E-state index contributed by atoms with van der Waals surface area (Å²) < 4.78 is 7.07. The fourth-order valence-electron chi connectivity index (χ4n) is 2.51. The van der Waals surface area contributed by atoms with E-state index in [-0.39, 0.29) is 24.0 Å². The molecule has 0 bridgehead atoms. The highest BCUT2D eigenvalue weighted by atomic mass is 127. The Balaban J connectivity index is 0.00000261. The van der Waals surface area contributed by atoms with E-state index < -0.39 is 0 Å². The zero-order valence-electron chi connectivity index (χ0n) is 15.3. The van der Waals surface area contributed by atoms with E-state index in [4.69, 9.17) is 16.1 Å². The lowest BCUT2D eigenvalue weighted by Crippen LogP contribution is -2.38. The summed E-state index contributed by atoms with van der Waals surface area (Å²) in [5, 5.41) is 12.0. The van der Waals surface area contributed by atoms with Gasteiger partial charge in [-0.25, -0.2) is 0 Å². The predicted octanol–water partition coefficient (Wildman–Crippen LogP) is 2.95. The van der Waals surface area contributed by atoms with Crippen molar-refractivity contribution >= 4 is 41.5 Å². The molecule has 1 N–H and O–H groups in total. The van der Waals surface area contributed by atoms with Gasteiger partial charge in [0.1, 0.15) is 0 Å². The third-order valence-electron chi connectivity index (χ3n) is 3.70. The number of nitrogens with one attached hydrogen (secondary N) is 1. The molecule has 1 aromatic carbocycles. The number of nitrogens with zero attached hydrogens (tertiary/aromatic N) is 6. The van der Waals surface area contributed by atoms with Crippen LogP contribution in [0.2, 0.25) is 5.02 Å². The van der Waals surface area contributed by atoms with Crippen LogP contribution in [0.1, 0.15) is 11.5 Å². The van der Waals surface area contributed by atoms with Crippen LogP contribution in [0.25, 0.3) is 11.4 Å². The number of guanidine groups is 1. The lowest BCUT2D eigenvalue weighted by atomic mass is 10.2. The summed E-state index contributed by atoms with van der Waals surface area (Å²) in [5.74, 6) is 1.69. The Labute approximate surface area is 179 Å². The molecule has 2 aromatic heterocycles. The summed E-state index contributed by atoms with van der Waals surface area (Å²) >= 11 is 6.00. The van der Waals surface area contributed by atoms with Crippen LogP contribution in [0.5, 0.6) is 0 Å². The summed E-state index contributed by atoms with van der Waals surface area (Å²) in [6.07, 6.45) is 3.80. The zero-order valence-corrected chi connectivity index (χ0v) is 18.3. The van der Waals surface area contributed by atoms with Crippen molar-refractivity contribution in [3.63, 3.8) is 0 Å². The number of aromatic nitrogens is 4. The number of hydrogen-bond donors (Lipinski definition) is 1. The number of halogens is 2. The molecule has 0 aliphatic heterocycles. The molecule has 2 heterocycles. The maximum absolute atomic E-state index is 6.00. The molecule has 0 spiro atoms. The SMILES string of the molecule is CN=C(NCc1nc(-c2cccc(Cl)c2)no1)N(C)Cc1cnn(C)c1.I. The Hall–Kier alpha value is -2.14. The fourth-order valence-corrected chi connectivity index (χ4v) is 2.70. The average molecular weight is 502 g/mol. The average Bonchev–Trinajstić information content (AvgIpc) is 3.24. The second-order valence-corrected chi connectivity index (χ2v) is 6.24. The summed E-state index contributed by atoms with van der Waals surface area (Å²) in [4.78, 5) is 10.7. The number of benzene rings is 1. The van der Waals surface area contributed by atoms with Gasteiger partial charge in [0.2, 0.25) is 11.7 Å². The van der Waals surface area contributed by atoms with Gasteiger partial charge in [-0.05, 0) is 12.1 Å². The van der Waals surface area contributed by atoms with Crippen molar-refractivity contribution in [2.75, 3.05) is 14.1 Å². The van der Waals surface area contributed by atoms with Gasteiger partial charge in [0.25, 0.3) is 0 Å². The molecule has 0 aliphatic rings. The molecule has 3 aromatic rings. The van der Waals surface area contributed by atoms with Crippen LogP contribution in [0.15, 0.2) is 46.2 Å². The largest absolute Gasteiger partial charge is 0.347 e. The number of aliphatic imine (C=N–C) groups is 1. The van der Waals surface area contributed by atoms with Gasteiger partial charge in [-0.15, -0.1) is 24.0 Å². The highest BCUT2D eigenvalue weighted by molar-refractivity contribution is 14.0. The molecule has 27 heavy (non-hydrogen) atoms. The number of hydrogen-bond acceptors (Lipinski definition) is 5. The van der Waals surface area contributed by atoms with Gasteiger partial charge in [0, 0.05) is 50.0 Å². The minimum absolute atomic E-state index is 0. The molecule has 0 fully saturated rings. The molecule has 0 amide bonds. The number of rotatable bonds is 5. The van der Waals surface area contributed by atoms with Crippen LogP contribution >= 0.6 is 35.6 Å². The highest BCUT2D eigenvalue weighted by Crippen LogP contribution is 2.19. The molecule has 10 heteroatoms. The first-order chi connectivity index (χ1) is 12.5. The molecular formula is C17H21ClIN7O.